The molecule has 2 aromatic rings. The molecule has 0 aliphatic carbocycles. The SMILES string of the molecule is CCOc1ncnc(Oc2ccc(S(C)(=O)=O)cc2)c1N. The summed E-state index contributed by atoms with van der Waals surface area (Å²) >= 11 is 0. The average molecular weight is 309 g/mol. The molecule has 0 fully saturated rings. The zero-order chi connectivity index (χ0) is 15.5. The number of sulfone groups is 1. The Balaban J connectivity index is 2.24. The van der Waals surface area contributed by atoms with Crippen molar-refractivity contribution in [3.8, 4) is 17.5 Å². The molecule has 0 unspecified atom stereocenters. The lowest BCUT2D eigenvalue weighted by atomic mass is 10.3. The molecular formula is C13H15N3O4S. The molecule has 0 aliphatic heterocycles. The molecule has 7 nitrogen and oxygen atoms in total. The third kappa shape index (κ3) is 3.60. The van der Waals surface area contributed by atoms with E-state index >= 15 is 0 Å². The quantitative estimate of drug-likeness (QED) is 0.895. The lowest BCUT2D eigenvalue weighted by Gasteiger charge is -2.10. The molecule has 1 heterocycles. The number of rotatable bonds is 5. The highest BCUT2D eigenvalue weighted by molar-refractivity contribution is 7.90. The number of aromatic nitrogens is 2. The van der Waals surface area contributed by atoms with E-state index < -0.39 is 9.84 Å². The Morgan fingerprint density at radius 2 is 1.76 bits per heavy atom. The third-order valence-electron chi connectivity index (χ3n) is 2.56. The standard InChI is InChI=1S/C13H15N3O4S/c1-3-19-12-11(14)13(16-8-15-12)20-9-4-6-10(7-5-9)21(2,17)18/h4-8H,3,14H2,1-2H3. The van der Waals surface area contributed by atoms with Crippen molar-refractivity contribution >= 4 is 15.5 Å². The van der Waals surface area contributed by atoms with E-state index in [1.165, 1.54) is 30.6 Å². The van der Waals surface area contributed by atoms with Crippen LogP contribution in [0.5, 0.6) is 17.5 Å². The summed E-state index contributed by atoms with van der Waals surface area (Å²) in [4.78, 5) is 8.04. The largest absolute Gasteiger partial charge is 0.476 e. The number of hydrogen-bond acceptors (Lipinski definition) is 7. The minimum atomic E-state index is -3.24. The van der Waals surface area contributed by atoms with Crippen LogP contribution in [0.25, 0.3) is 0 Å². The van der Waals surface area contributed by atoms with Crippen LogP contribution in [0.1, 0.15) is 6.92 Å². The van der Waals surface area contributed by atoms with Gasteiger partial charge in [0.2, 0.25) is 11.8 Å². The maximum absolute atomic E-state index is 11.4. The Morgan fingerprint density at radius 1 is 1.14 bits per heavy atom. The minimum absolute atomic E-state index is 0.153. The molecule has 0 amide bonds. The fourth-order valence-corrected chi connectivity index (χ4v) is 2.19. The minimum Gasteiger partial charge on any atom is -0.476 e. The molecule has 0 aliphatic rings. The van der Waals surface area contributed by atoms with E-state index in [9.17, 15) is 8.42 Å². The average Bonchev–Trinajstić information content (AvgIpc) is 2.43. The van der Waals surface area contributed by atoms with Crippen molar-refractivity contribution in [2.24, 2.45) is 0 Å². The molecule has 1 aromatic heterocycles. The number of nitrogens with two attached hydrogens (primary N) is 1. The van der Waals surface area contributed by atoms with Gasteiger partial charge in [-0.2, -0.15) is 9.97 Å². The zero-order valence-electron chi connectivity index (χ0n) is 11.6. The smallest absolute Gasteiger partial charge is 0.249 e. The summed E-state index contributed by atoms with van der Waals surface area (Å²) in [6, 6.07) is 5.95. The van der Waals surface area contributed by atoms with Gasteiger partial charge in [0, 0.05) is 6.26 Å². The van der Waals surface area contributed by atoms with Crippen molar-refractivity contribution in [3.05, 3.63) is 30.6 Å². The summed E-state index contributed by atoms with van der Waals surface area (Å²) in [7, 11) is -3.24. The van der Waals surface area contributed by atoms with Gasteiger partial charge in [0.1, 0.15) is 12.1 Å². The van der Waals surface area contributed by atoms with Gasteiger partial charge in [0.25, 0.3) is 0 Å². The van der Waals surface area contributed by atoms with Crippen LogP contribution in [0.4, 0.5) is 5.69 Å². The second-order valence-corrected chi connectivity index (χ2v) is 6.19. The Hall–Kier alpha value is -2.35. The second-order valence-electron chi connectivity index (χ2n) is 4.18. The van der Waals surface area contributed by atoms with Crippen LogP contribution in [-0.2, 0) is 9.84 Å². The van der Waals surface area contributed by atoms with Crippen molar-refractivity contribution < 1.29 is 17.9 Å². The predicted molar refractivity (Wildman–Crippen MR) is 77.2 cm³/mol. The first-order chi connectivity index (χ1) is 9.91. The number of benzene rings is 1. The summed E-state index contributed by atoms with van der Waals surface area (Å²) in [5.74, 6) is 0.811. The monoisotopic (exact) mass is 309 g/mol. The molecule has 0 spiro atoms. The van der Waals surface area contributed by atoms with E-state index in [0.29, 0.717) is 12.4 Å². The summed E-state index contributed by atoms with van der Waals surface area (Å²) in [6.07, 6.45) is 2.42. The molecule has 0 saturated heterocycles. The molecule has 0 atom stereocenters. The van der Waals surface area contributed by atoms with E-state index in [1.807, 2.05) is 6.92 Å². The maximum Gasteiger partial charge on any atom is 0.249 e. The predicted octanol–water partition coefficient (Wildman–Crippen LogP) is 1.65. The first kappa shape index (κ1) is 15.0. The molecule has 112 valence electrons. The number of hydrogen-bond donors (Lipinski definition) is 1. The summed E-state index contributed by atoms with van der Waals surface area (Å²) in [6.45, 7) is 2.23. The molecule has 0 saturated carbocycles. The van der Waals surface area contributed by atoms with E-state index in [-0.39, 0.29) is 22.3 Å². The van der Waals surface area contributed by atoms with Gasteiger partial charge in [-0.15, -0.1) is 0 Å². The zero-order valence-corrected chi connectivity index (χ0v) is 12.4. The number of nitrogens with zero attached hydrogens (tertiary/aromatic N) is 2. The Bertz CT molecular complexity index is 730. The van der Waals surface area contributed by atoms with Crippen LogP contribution in [0.3, 0.4) is 0 Å². The Kier molecular flexibility index (Phi) is 4.27. The first-order valence-corrected chi connectivity index (χ1v) is 8.02. The van der Waals surface area contributed by atoms with Crippen LogP contribution in [0.15, 0.2) is 35.5 Å². The van der Waals surface area contributed by atoms with E-state index in [4.69, 9.17) is 15.2 Å². The topological polar surface area (TPSA) is 104 Å². The van der Waals surface area contributed by atoms with Gasteiger partial charge in [-0.25, -0.2) is 8.42 Å². The highest BCUT2D eigenvalue weighted by Gasteiger charge is 2.12. The molecule has 0 radical (unpaired) electrons. The second kappa shape index (κ2) is 5.96. The van der Waals surface area contributed by atoms with Crippen molar-refractivity contribution in [2.75, 3.05) is 18.6 Å². The van der Waals surface area contributed by atoms with E-state index in [0.717, 1.165) is 6.26 Å². The molecule has 8 heteroatoms. The van der Waals surface area contributed by atoms with E-state index in [2.05, 4.69) is 9.97 Å². The van der Waals surface area contributed by atoms with Crippen LogP contribution < -0.4 is 15.2 Å². The molecular weight excluding hydrogens is 294 g/mol. The van der Waals surface area contributed by atoms with Gasteiger partial charge in [-0.1, -0.05) is 0 Å². The van der Waals surface area contributed by atoms with Crippen LogP contribution in [-0.4, -0.2) is 31.2 Å². The van der Waals surface area contributed by atoms with Crippen LogP contribution in [0.2, 0.25) is 0 Å². The highest BCUT2D eigenvalue weighted by atomic mass is 32.2. The normalized spacial score (nSPS) is 11.1. The van der Waals surface area contributed by atoms with Gasteiger partial charge >= 0.3 is 0 Å². The maximum atomic E-state index is 11.4. The van der Waals surface area contributed by atoms with Gasteiger partial charge < -0.3 is 15.2 Å². The molecule has 0 bridgehead atoms. The molecule has 21 heavy (non-hydrogen) atoms. The fourth-order valence-electron chi connectivity index (χ4n) is 1.56. The fraction of sp³-hybridized carbons (Fsp3) is 0.231. The van der Waals surface area contributed by atoms with Gasteiger partial charge in [0.05, 0.1) is 11.5 Å². The van der Waals surface area contributed by atoms with Gasteiger partial charge in [-0.3, -0.25) is 0 Å². The summed E-state index contributed by atoms with van der Waals surface area (Å²) in [5.41, 5.74) is 6.03. The lowest BCUT2D eigenvalue weighted by Crippen LogP contribution is -2.03. The molecule has 2 N–H and O–H groups in total. The third-order valence-corrected chi connectivity index (χ3v) is 3.69. The van der Waals surface area contributed by atoms with Crippen molar-refractivity contribution in [2.45, 2.75) is 11.8 Å². The summed E-state index contributed by atoms with van der Waals surface area (Å²) in [5, 5.41) is 0. The number of anilines is 1. The number of nitrogen functional groups attached to an aromatic ring is 1. The number of ether oxygens (including phenoxy) is 2. The first-order valence-electron chi connectivity index (χ1n) is 6.13. The van der Waals surface area contributed by atoms with Crippen molar-refractivity contribution in [1.82, 2.24) is 9.97 Å². The van der Waals surface area contributed by atoms with Crippen molar-refractivity contribution in [3.63, 3.8) is 0 Å². The van der Waals surface area contributed by atoms with Crippen LogP contribution >= 0.6 is 0 Å². The van der Waals surface area contributed by atoms with Crippen molar-refractivity contribution in [1.29, 1.82) is 0 Å². The Labute approximate surface area is 122 Å². The molecule has 1 aromatic carbocycles. The Morgan fingerprint density at radius 3 is 2.33 bits per heavy atom. The highest BCUT2D eigenvalue weighted by Crippen LogP contribution is 2.30. The molecule has 2 rings (SSSR count). The van der Waals surface area contributed by atoms with Crippen LogP contribution in [0, 0.1) is 0 Å². The van der Waals surface area contributed by atoms with Gasteiger partial charge in [0.15, 0.2) is 15.5 Å². The van der Waals surface area contributed by atoms with Gasteiger partial charge in [-0.05, 0) is 31.2 Å². The summed E-state index contributed by atoms with van der Waals surface area (Å²) < 4.78 is 33.5. The lowest BCUT2D eigenvalue weighted by molar-refractivity contribution is 0.325. The van der Waals surface area contributed by atoms with E-state index in [1.54, 1.807) is 0 Å².